The summed E-state index contributed by atoms with van der Waals surface area (Å²) in [4.78, 5) is 3.06. The minimum atomic E-state index is -3.76. The van der Waals surface area contributed by atoms with E-state index < -0.39 is 10.0 Å². The molecule has 0 saturated carbocycles. The summed E-state index contributed by atoms with van der Waals surface area (Å²) in [5, 5.41) is 1.83. The fraction of sp³-hybridized carbons (Fsp3) is 0.150. The van der Waals surface area contributed by atoms with Gasteiger partial charge in [0.25, 0.3) is 0 Å². The molecule has 0 aliphatic heterocycles. The fourth-order valence-electron chi connectivity index (χ4n) is 2.82. The van der Waals surface area contributed by atoms with Crippen molar-refractivity contribution in [2.45, 2.75) is 11.3 Å². The number of methoxy groups -OCH3 is 1. The van der Waals surface area contributed by atoms with E-state index in [0.717, 1.165) is 22.1 Å². The highest BCUT2D eigenvalue weighted by Crippen LogP contribution is 2.19. The predicted octanol–water partition coefficient (Wildman–Crippen LogP) is 0.765. The first-order chi connectivity index (χ1) is 13.0. The first-order valence-electron chi connectivity index (χ1n) is 8.49. The highest BCUT2D eigenvalue weighted by molar-refractivity contribution is 7.90. The number of para-hydroxylation sites is 1. The lowest BCUT2D eigenvalue weighted by Gasteiger charge is -2.06. The van der Waals surface area contributed by atoms with Crippen molar-refractivity contribution in [1.82, 2.24) is 4.72 Å². The zero-order valence-electron chi connectivity index (χ0n) is 15.0. The normalized spacial score (nSPS) is 12.1. The number of nitrogens with two attached hydrogens (primary N) is 1. The number of guanidine groups is 1. The number of sulfonamides is 1. The van der Waals surface area contributed by atoms with Crippen LogP contribution in [-0.2, 0) is 16.4 Å². The summed E-state index contributed by atoms with van der Waals surface area (Å²) in [6.07, 6.45) is 0.641. The molecule has 0 saturated heterocycles. The van der Waals surface area contributed by atoms with Gasteiger partial charge in [-0.15, -0.1) is 0 Å². The van der Waals surface area contributed by atoms with E-state index in [1.807, 2.05) is 48.5 Å². The Morgan fingerprint density at radius 1 is 1.04 bits per heavy atom. The molecule has 0 atom stereocenters. The third-order valence-corrected chi connectivity index (χ3v) is 5.54. The van der Waals surface area contributed by atoms with Gasteiger partial charge >= 0.3 is 16.0 Å². The molecule has 0 aliphatic carbocycles. The van der Waals surface area contributed by atoms with E-state index in [2.05, 4.69) is 9.71 Å². The molecule has 0 aromatic heterocycles. The highest BCUT2D eigenvalue weighted by Gasteiger charge is 2.19. The van der Waals surface area contributed by atoms with Gasteiger partial charge in [-0.05, 0) is 34.5 Å². The molecule has 0 heterocycles. The summed E-state index contributed by atoms with van der Waals surface area (Å²) in [7, 11) is -2.14. The Morgan fingerprint density at radius 2 is 1.74 bits per heavy atom. The third kappa shape index (κ3) is 4.57. The molecule has 140 valence electrons. The third-order valence-electron chi connectivity index (χ3n) is 4.18. The lowest BCUT2D eigenvalue weighted by atomic mass is 10.1. The van der Waals surface area contributed by atoms with Gasteiger partial charge in [-0.1, -0.05) is 48.5 Å². The Bertz CT molecular complexity index is 1080. The average molecular weight is 384 g/mol. The molecule has 4 N–H and O–H groups in total. The summed E-state index contributed by atoms with van der Waals surface area (Å²) in [6, 6.07) is 20.2. The van der Waals surface area contributed by atoms with Gasteiger partial charge in [0.1, 0.15) is 10.6 Å². The monoisotopic (exact) mass is 384 g/mol. The average Bonchev–Trinajstić information content (AvgIpc) is 2.67. The van der Waals surface area contributed by atoms with Crippen LogP contribution >= 0.6 is 0 Å². The molecule has 0 bridgehead atoms. The van der Waals surface area contributed by atoms with Crippen molar-refractivity contribution >= 4 is 26.8 Å². The van der Waals surface area contributed by atoms with Crippen LogP contribution in [0.5, 0.6) is 5.75 Å². The van der Waals surface area contributed by atoms with Crippen molar-refractivity contribution in [1.29, 1.82) is 0 Å². The van der Waals surface area contributed by atoms with E-state index in [1.54, 1.807) is 25.3 Å². The van der Waals surface area contributed by atoms with E-state index >= 15 is 0 Å². The van der Waals surface area contributed by atoms with Crippen molar-refractivity contribution in [2.24, 2.45) is 5.73 Å². The number of benzene rings is 3. The molecule has 0 spiro atoms. The first-order valence-corrected chi connectivity index (χ1v) is 9.98. The molecule has 3 aromatic rings. The van der Waals surface area contributed by atoms with Crippen molar-refractivity contribution in [3.63, 3.8) is 0 Å². The molecular weight excluding hydrogens is 362 g/mol. The lowest BCUT2D eigenvalue weighted by Crippen LogP contribution is -2.79. The van der Waals surface area contributed by atoms with Gasteiger partial charge in [0, 0.05) is 6.42 Å². The van der Waals surface area contributed by atoms with Crippen LogP contribution in [0.1, 0.15) is 5.56 Å². The minimum Gasteiger partial charge on any atom is -0.496 e. The van der Waals surface area contributed by atoms with E-state index in [-0.39, 0.29) is 10.9 Å². The number of nitrogens with one attached hydrogen (secondary N) is 2. The van der Waals surface area contributed by atoms with Crippen LogP contribution in [0.15, 0.2) is 71.6 Å². The summed E-state index contributed by atoms with van der Waals surface area (Å²) < 4.78 is 32.8. The van der Waals surface area contributed by atoms with Gasteiger partial charge in [0.05, 0.1) is 13.7 Å². The molecule has 6 nitrogen and oxygen atoms in total. The maximum absolute atomic E-state index is 12.5. The molecule has 0 amide bonds. The van der Waals surface area contributed by atoms with Crippen LogP contribution in [0, 0.1) is 0 Å². The van der Waals surface area contributed by atoms with E-state index in [9.17, 15) is 8.42 Å². The second-order valence-corrected chi connectivity index (χ2v) is 7.70. The van der Waals surface area contributed by atoms with Gasteiger partial charge in [-0.2, -0.15) is 13.1 Å². The predicted molar refractivity (Wildman–Crippen MR) is 106 cm³/mol. The summed E-state index contributed by atoms with van der Waals surface area (Å²) in [6.45, 7) is 0.465. The van der Waals surface area contributed by atoms with Gasteiger partial charge in [-0.25, -0.2) is 0 Å². The molecule has 27 heavy (non-hydrogen) atoms. The maximum Gasteiger partial charge on any atom is 0.356 e. The fourth-order valence-corrected chi connectivity index (χ4v) is 3.82. The molecule has 0 unspecified atom stereocenters. The molecule has 0 radical (unpaired) electrons. The lowest BCUT2D eigenvalue weighted by molar-refractivity contribution is -0.459. The first kappa shape index (κ1) is 18.7. The van der Waals surface area contributed by atoms with Crippen LogP contribution in [0.25, 0.3) is 10.8 Å². The van der Waals surface area contributed by atoms with Crippen LogP contribution < -0.4 is 20.2 Å². The van der Waals surface area contributed by atoms with Crippen molar-refractivity contribution in [3.05, 3.63) is 72.3 Å². The number of fused-ring (bicyclic) bond motifs is 1. The summed E-state index contributed by atoms with van der Waals surface area (Å²) in [5.41, 5.74) is 6.84. The van der Waals surface area contributed by atoms with Crippen LogP contribution in [0.2, 0.25) is 0 Å². The van der Waals surface area contributed by atoms with E-state index in [1.165, 1.54) is 0 Å². The smallest absolute Gasteiger partial charge is 0.356 e. The van der Waals surface area contributed by atoms with Crippen LogP contribution in [0.4, 0.5) is 0 Å². The quantitative estimate of drug-likeness (QED) is 0.432. The zero-order chi connectivity index (χ0) is 19.3. The second kappa shape index (κ2) is 8.09. The Kier molecular flexibility index (Phi) is 5.61. The van der Waals surface area contributed by atoms with Crippen molar-refractivity contribution < 1.29 is 18.1 Å². The maximum atomic E-state index is 12.5. The van der Waals surface area contributed by atoms with E-state index in [4.69, 9.17) is 10.5 Å². The molecule has 3 aromatic carbocycles. The minimum absolute atomic E-state index is 0.0157. The standard InChI is InChI=1S/C20H21N3O3S/c1-26-19-9-5-4-7-16(19)12-13-22-20(21)23-27(24,25)18-11-10-15-6-2-3-8-17(15)14-18/h2-11,14H,12-13H2,1H3,(H3,21,22,23)/p+1. The summed E-state index contributed by atoms with van der Waals surface area (Å²) in [5.74, 6) is 0.771. The Hall–Kier alpha value is -3.06. The number of hydrogen-bond donors (Lipinski definition) is 3. The van der Waals surface area contributed by atoms with Gasteiger partial charge < -0.3 is 4.74 Å². The molecule has 3 rings (SSSR count). The van der Waals surface area contributed by atoms with Gasteiger partial charge in [0.15, 0.2) is 0 Å². The second-order valence-electron chi connectivity index (χ2n) is 6.02. The Balaban J connectivity index is 1.69. The molecule has 7 heteroatoms. The topological polar surface area (TPSA) is 95.4 Å². The number of ether oxygens (including phenoxy) is 1. The summed E-state index contributed by atoms with van der Waals surface area (Å²) >= 11 is 0. The Labute approximate surface area is 158 Å². The van der Waals surface area contributed by atoms with Crippen molar-refractivity contribution in [3.8, 4) is 5.75 Å². The van der Waals surface area contributed by atoms with Gasteiger partial charge in [-0.3, -0.25) is 10.7 Å². The number of hydrogen-bond acceptors (Lipinski definition) is 3. The van der Waals surface area contributed by atoms with E-state index in [0.29, 0.717) is 13.0 Å². The highest BCUT2D eigenvalue weighted by atomic mass is 32.2. The zero-order valence-corrected chi connectivity index (χ0v) is 15.8. The van der Waals surface area contributed by atoms with Gasteiger partial charge in [0.2, 0.25) is 0 Å². The Morgan fingerprint density at radius 3 is 2.52 bits per heavy atom. The molecule has 0 aliphatic rings. The molecule has 0 fully saturated rings. The number of rotatable bonds is 6. The SMILES string of the molecule is COc1ccccc1CC[NH+]=C(N)NS(=O)(=O)c1ccc2ccccc2c1. The van der Waals surface area contributed by atoms with Crippen LogP contribution in [-0.4, -0.2) is 28.0 Å². The molecular formula is C20H22N3O3S+. The van der Waals surface area contributed by atoms with Crippen LogP contribution in [0.3, 0.4) is 0 Å². The van der Waals surface area contributed by atoms with Crippen molar-refractivity contribution in [2.75, 3.05) is 13.7 Å². The largest absolute Gasteiger partial charge is 0.496 e.